The molecule has 0 saturated heterocycles. The number of rotatable bonds is 7. The predicted octanol–water partition coefficient (Wildman–Crippen LogP) is 1.95. The smallest absolute Gasteiger partial charge is 0.239 e. The van der Waals surface area contributed by atoms with E-state index in [-0.39, 0.29) is 36.7 Å². The number of benzene rings is 1. The number of thiazole rings is 1. The highest BCUT2D eigenvalue weighted by Crippen LogP contribution is 2.23. The molecule has 1 heterocycles. The maximum absolute atomic E-state index is 11.8. The lowest BCUT2D eigenvalue weighted by molar-refractivity contribution is -0.127. The summed E-state index contributed by atoms with van der Waals surface area (Å²) in [6.07, 6.45) is 0. The van der Waals surface area contributed by atoms with Gasteiger partial charge in [0, 0.05) is 10.9 Å². The Hall–Kier alpha value is -1.96. The van der Waals surface area contributed by atoms with E-state index in [9.17, 15) is 9.59 Å². The Bertz CT molecular complexity index is 691. The van der Waals surface area contributed by atoms with Gasteiger partial charge in [0.05, 0.1) is 24.8 Å². The molecular formula is C17H23ClN4O2S. The molecule has 8 heteroatoms. The molecule has 2 aromatic rings. The fourth-order valence-corrected chi connectivity index (χ4v) is 2.77. The van der Waals surface area contributed by atoms with Gasteiger partial charge in [0.2, 0.25) is 11.8 Å². The number of nitrogens with two attached hydrogens (primary N) is 1. The van der Waals surface area contributed by atoms with Crippen molar-refractivity contribution in [2.24, 2.45) is 11.7 Å². The van der Waals surface area contributed by atoms with Crippen LogP contribution < -0.4 is 16.4 Å². The minimum Gasteiger partial charge on any atom is -0.349 e. The lowest BCUT2D eigenvalue weighted by Gasteiger charge is -2.14. The van der Waals surface area contributed by atoms with E-state index in [1.165, 1.54) is 11.3 Å². The van der Waals surface area contributed by atoms with E-state index in [1.807, 2.05) is 49.6 Å². The fraction of sp³-hybridized carbons (Fsp3) is 0.353. The molecule has 0 unspecified atom stereocenters. The van der Waals surface area contributed by atoms with Gasteiger partial charge in [-0.3, -0.25) is 9.59 Å². The van der Waals surface area contributed by atoms with Crippen LogP contribution in [0.15, 0.2) is 35.7 Å². The molecule has 0 fully saturated rings. The first kappa shape index (κ1) is 21.1. The number of carbonyl (C=O) groups excluding carboxylic acids is 2. The van der Waals surface area contributed by atoms with E-state index in [4.69, 9.17) is 5.73 Å². The first-order chi connectivity index (χ1) is 11.5. The van der Waals surface area contributed by atoms with E-state index < -0.39 is 6.04 Å². The molecule has 1 aromatic heterocycles. The molecule has 0 radical (unpaired) electrons. The molecule has 6 nitrogen and oxygen atoms in total. The molecule has 0 aliphatic rings. The van der Waals surface area contributed by atoms with Crippen molar-refractivity contribution in [3.63, 3.8) is 0 Å². The van der Waals surface area contributed by atoms with Crippen molar-refractivity contribution < 1.29 is 9.59 Å². The number of hydrogen-bond acceptors (Lipinski definition) is 5. The molecule has 25 heavy (non-hydrogen) atoms. The van der Waals surface area contributed by atoms with Crippen LogP contribution in [0.4, 0.5) is 0 Å². The van der Waals surface area contributed by atoms with Gasteiger partial charge in [-0.05, 0) is 5.92 Å². The molecule has 1 aromatic carbocycles. The van der Waals surface area contributed by atoms with Crippen molar-refractivity contribution in [3.05, 3.63) is 41.4 Å². The molecule has 0 saturated carbocycles. The summed E-state index contributed by atoms with van der Waals surface area (Å²) in [5, 5.41) is 8.10. The third-order valence-corrected chi connectivity index (χ3v) is 4.42. The van der Waals surface area contributed by atoms with Crippen molar-refractivity contribution in [2.75, 3.05) is 6.54 Å². The van der Waals surface area contributed by atoms with Gasteiger partial charge in [0.15, 0.2) is 0 Å². The second-order valence-corrected chi connectivity index (χ2v) is 6.63. The molecule has 0 aliphatic heterocycles. The molecule has 1 atom stereocenters. The first-order valence-corrected chi connectivity index (χ1v) is 8.65. The number of hydrogen-bond donors (Lipinski definition) is 3. The van der Waals surface area contributed by atoms with Crippen molar-refractivity contribution in [1.82, 2.24) is 15.6 Å². The minimum atomic E-state index is -0.607. The fourth-order valence-electron chi connectivity index (χ4n) is 1.94. The standard InChI is InChI=1S/C17H22N4O2S.ClH/c1-11(2)15(18)16(23)20-9-14(22)19-8-13-10-24-17(21-13)12-6-4-3-5-7-12;/h3-7,10-11,15H,8-9,18H2,1-2H3,(H,19,22)(H,20,23);1H/t15-;/m0./s1. The van der Waals surface area contributed by atoms with Crippen molar-refractivity contribution in [1.29, 1.82) is 0 Å². The Balaban J connectivity index is 0.00000312. The Kier molecular flexibility index (Phi) is 8.54. The van der Waals surface area contributed by atoms with Gasteiger partial charge in [-0.15, -0.1) is 23.7 Å². The monoisotopic (exact) mass is 382 g/mol. The first-order valence-electron chi connectivity index (χ1n) is 7.77. The number of carbonyl (C=O) groups is 2. The molecule has 2 amide bonds. The van der Waals surface area contributed by atoms with E-state index in [2.05, 4.69) is 15.6 Å². The number of nitrogens with zero attached hydrogens (tertiary/aromatic N) is 1. The Morgan fingerprint density at radius 2 is 1.88 bits per heavy atom. The molecular weight excluding hydrogens is 360 g/mol. The van der Waals surface area contributed by atoms with Gasteiger partial charge >= 0.3 is 0 Å². The van der Waals surface area contributed by atoms with Crippen LogP contribution in [0.3, 0.4) is 0 Å². The largest absolute Gasteiger partial charge is 0.349 e. The molecule has 136 valence electrons. The highest BCUT2D eigenvalue weighted by Gasteiger charge is 2.17. The van der Waals surface area contributed by atoms with Crippen molar-refractivity contribution >= 4 is 35.6 Å². The van der Waals surface area contributed by atoms with Crippen molar-refractivity contribution in [3.8, 4) is 10.6 Å². The normalized spacial score (nSPS) is 11.5. The quantitative estimate of drug-likeness (QED) is 0.681. The maximum atomic E-state index is 11.8. The van der Waals surface area contributed by atoms with Crippen molar-refractivity contribution in [2.45, 2.75) is 26.4 Å². The van der Waals surface area contributed by atoms with Gasteiger partial charge in [-0.2, -0.15) is 0 Å². The summed E-state index contributed by atoms with van der Waals surface area (Å²) >= 11 is 1.53. The van der Waals surface area contributed by atoms with Gasteiger partial charge in [0.25, 0.3) is 0 Å². The van der Waals surface area contributed by atoms with E-state index in [0.717, 1.165) is 16.3 Å². The summed E-state index contributed by atoms with van der Waals surface area (Å²) in [5.74, 6) is -0.562. The van der Waals surface area contributed by atoms with Gasteiger partial charge in [-0.1, -0.05) is 44.2 Å². The average Bonchev–Trinajstić information content (AvgIpc) is 3.06. The second-order valence-electron chi connectivity index (χ2n) is 5.77. The summed E-state index contributed by atoms with van der Waals surface area (Å²) in [4.78, 5) is 28.0. The lowest BCUT2D eigenvalue weighted by Crippen LogP contribution is -2.47. The summed E-state index contributed by atoms with van der Waals surface area (Å²) in [6.45, 7) is 3.96. The number of halogens is 1. The Morgan fingerprint density at radius 3 is 2.52 bits per heavy atom. The maximum Gasteiger partial charge on any atom is 0.239 e. The van der Waals surface area contributed by atoms with Crippen LogP contribution in [-0.2, 0) is 16.1 Å². The molecule has 0 aliphatic carbocycles. The third kappa shape index (κ3) is 6.45. The highest BCUT2D eigenvalue weighted by atomic mass is 35.5. The third-order valence-electron chi connectivity index (χ3n) is 3.48. The number of amides is 2. The summed E-state index contributed by atoms with van der Waals surface area (Å²) in [5.41, 5.74) is 7.56. The zero-order valence-corrected chi connectivity index (χ0v) is 15.8. The van der Waals surface area contributed by atoms with Gasteiger partial charge in [-0.25, -0.2) is 4.98 Å². The van der Waals surface area contributed by atoms with Crippen LogP contribution in [0.1, 0.15) is 19.5 Å². The zero-order chi connectivity index (χ0) is 17.5. The highest BCUT2D eigenvalue weighted by molar-refractivity contribution is 7.13. The molecule has 4 N–H and O–H groups in total. The van der Waals surface area contributed by atoms with Crippen LogP contribution in [-0.4, -0.2) is 29.4 Å². The summed E-state index contributed by atoms with van der Waals surface area (Å²) < 4.78 is 0. The Labute approximate surface area is 157 Å². The number of nitrogens with one attached hydrogen (secondary N) is 2. The molecule has 2 rings (SSSR count). The Morgan fingerprint density at radius 1 is 1.20 bits per heavy atom. The topological polar surface area (TPSA) is 97.1 Å². The van der Waals surface area contributed by atoms with Crippen LogP contribution in [0.25, 0.3) is 10.6 Å². The van der Waals surface area contributed by atoms with Crippen LogP contribution in [0.5, 0.6) is 0 Å². The van der Waals surface area contributed by atoms with Crippen LogP contribution in [0.2, 0.25) is 0 Å². The van der Waals surface area contributed by atoms with Gasteiger partial charge in [0.1, 0.15) is 5.01 Å². The van der Waals surface area contributed by atoms with E-state index in [1.54, 1.807) is 0 Å². The molecule has 0 spiro atoms. The minimum absolute atomic E-state index is 0. The SMILES string of the molecule is CC(C)[C@H](N)C(=O)NCC(=O)NCc1csc(-c2ccccc2)n1.Cl. The second kappa shape index (κ2) is 10.1. The molecule has 0 bridgehead atoms. The summed E-state index contributed by atoms with van der Waals surface area (Å²) in [7, 11) is 0. The lowest BCUT2D eigenvalue weighted by atomic mass is 10.1. The van der Waals surface area contributed by atoms with Crippen LogP contribution in [0, 0.1) is 5.92 Å². The predicted molar refractivity (Wildman–Crippen MR) is 102 cm³/mol. The summed E-state index contributed by atoms with van der Waals surface area (Å²) in [6, 6.07) is 9.26. The van der Waals surface area contributed by atoms with Crippen LogP contribution >= 0.6 is 23.7 Å². The zero-order valence-electron chi connectivity index (χ0n) is 14.2. The average molecular weight is 383 g/mol. The number of aromatic nitrogens is 1. The van der Waals surface area contributed by atoms with E-state index in [0.29, 0.717) is 6.54 Å². The van der Waals surface area contributed by atoms with E-state index >= 15 is 0 Å². The van der Waals surface area contributed by atoms with Gasteiger partial charge < -0.3 is 16.4 Å².